The molecule has 1 fully saturated rings. The summed E-state index contributed by atoms with van der Waals surface area (Å²) in [4.78, 5) is 13.8. The molecule has 1 atom stereocenters. The van der Waals surface area contributed by atoms with Crippen molar-refractivity contribution in [1.29, 1.82) is 0 Å². The highest BCUT2D eigenvalue weighted by Gasteiger charge is 2.26. The first kappa shape index (κ1) is 13.2. The molecule has 98 valence electrons. The Hall–Kier alpha value is -1.26. The molecule has 0 spiro atoms. The van der Waals surface area contributed by atoms with Crippen molar-refractivity contribution in [3.63, 3.8) is 0 Å². The molecule has 0 bridgehead atoms. The highest BCUT2D eigenvalue weighted by molar-refractivity contribution is 6.31. The summed E-state index contributed by atoms with van der Waals surface area (Å²) >= 11 is 6.09. The largest absolute Gasteiger partial charge is 0.399 e. The highest BCUT2D eigenvalue weighted by atomic mass is 35.5. The number of hydrogen-bond donors (Lipinski definition) is 1. The number of amides is 1. The summed E-state index contributed by atoms with van der Waals surface area (Å²) < 4.78 is 5.23. The van der Waals surface area contributed by atoms with Crippen LogP contribution in [0.1, 0.15) is 12.0 Å². The van der Waals surface area contributed by atoms with Crippen LogP contribution in [-0.4, -0.2) is 31.1 Å². The summed E-state index contributed by atoms with van der Waals surface area (Å²) in [5, 5.41) is 0.631. The molecule has 1 aliphatic heterocycles. The Morgan fingerprint density at radius 3 is 3.06 bits per heavy atom. The van der Waals surface area contributed by atoms with Crippen molar-refractivity contribution in [1.82, 2.24) is 4.90 Å². The number of anilines is 1. The van der Waals surface area contributed by atoms with Gasteiger partial charge in [0.2, 0.25) is 5.91 Å². The maximum Gasteiger partial charge on any atom is 0.228 e. The van der Waals surface area contributed by atoms with Crippen LogP contribution in [-0.2, 0) is 16.1 Å². The number of rotatable bonds is 3. The maximum absolute atomic E-state index is 12.1. The number of carbonyl (C=O) groups is 1. The molecule has 1 aliphatic rings. The number of hydrogen-bond acceptors (Lipinski definition) is 3. The summed E-state index contributed by atoms with van der Waals surface area (Å²) in [6.07, 6.45) is 0.799. The molecule has 1 amide bonds. The van der Waals surface area contributed by atoms with E-state index in [0.29, 0.717) is 30.5 Å². The van der Waals surface area contributed by atoms with E-state index in [1.165, 1.54) is 0 Å². The fourth-order valence-electron chi connectivity index (χ4n) is 2.09. The van der Waals surface area contributed by atoms with Gasteiger partial charge in [0.05, 0.1) is 12.5 Å². The lowest BCUT2D eigenvalue weighted by molar-refractivity contribution is -0.134. The maximum atomic E-state index is 12.1. The smallest absolute Gasteiger partial charge is 0.228 e. The van der Waals surface area contributed by atoms with Crippen LogP contribution in [0.15, 0.2) is 18.2 Å². The lowest BCUT2D eigenvalue weighted by Gasteiger charge is -2.21. The van der Waals surface area contributed by atoms with Crippen LogP contribution >= 0.6 is 11.6 Å². The fourth-order valence-corrected chi connectivity index (χ4v) is 2.27. The molecule has 2 rings (SSSR count). The Labute approximate surface area is 112 Å². The molecule has 4 nitrogen and oxygen atoms in total. The van der Waals surface area contributed by atoms with Crippen molar-refractivity contribution >= 4 is 23.2 Å². The van der Waals surface area contributed by atoms with E-state index >= 15 is 0 Å². The van der Waals surface area contributed by atoms with Gasteiger partial charge in [0, 0.05) is 30.9 Å². The summed E-state index contributed by atoms with van der Waals surface area (Å²) in [5.41, 5.74) is 7.24. The molecule has 0 saturated carbocycles. The summed E-state index contributed by atoms with van der Waals surface area (Å²) in [5.74, 6) is 0.0841. The predicted molar refractivity (Wildman–Crippen MR) is 71.3 cm³/mol. The van der Waals surface area contributed by atoms with Crippen LogP contribution in [0.5, 0.6) is 0 Å². The van der Waals surface area contributed by atoms with Gasteiger partial charge < -0.3 is 15.4 Å². The predicted octanol–water partition coefficient (Wildman–Crippen LogP) is 1.92. The van der Waals surface area contributed by atoms with Crippen LogP contribution < -0.4 is 5.73 Å². The number of nitrogen functional groups attached to an aromatic ring is 1. The van der Waals surface area contributed by atoms with Crippen LogP contribution in [0.3, 0.4) is 0 Å². The topological polar surface area (TPSA) is 55.6 Å². The number of halogens is 1. The Balaban J connectivity index is 2.03. The van der Waals surface area contributed by atoms with Crippen LogP contribution in [0.4, 0.5) is 5.69 Å². The van der Waals surface area contributed by atoms with Crippen molar-refractivity contribution in [3.05, 3.63) is 28.8 Å². The Morgan fingerprint density at radius 1 is 1.61 bits per heavy atom. The minimum atomic E-state index is -0.0187. The molecule has 5 heteroatoms. The van der Waals surface area contributed by atoms with Gasteiger partial charge in [-0.15, -0.1) is 0 Å². The minimum Gasteiger partial charge on any atom is -0.399 e. The molecule has 1 saturated heterocycles. The molecule has 1 aromatic carbocycles. The second-order valence-electron chi connectivity index (χ2n) is 4.61. The average molecular weight is 269 g/mol. The first-order chi connectivity index (χ1) is 8.58. The molecule has 18 heavy (non-hydrogen) atoms. The molecular weight excluding hydrogens is 252 g/mol. The van der Waals surface area contributed by atoms with Crippen LogP contribution in [0, 0.1) is 5.92 Å². The first-order valence-electron chi connectivity index (χ1n) is 5.94. The molecule has 1 unspecified atom stereocenters. The van der Waals surface area contributed by atoms with Gasteiger partial charge in [-0.1, -0.05) is 11.6 Å². The number of nitrogens with two attached hydrogens (primary N) is 1. The third-order valence-corrected chi connectivity index (χ3v) is 3.50. The van der Waals surface area contributed by atoms with Gasteiger partial charge in [-0.3, -0.25) is 4.79 Å². The molecule has 0 aliphatic carbocycles. The standard InChI is InChI=1S/C13H17ClN2O2/c1-16(13(17)9-4-5-18-8-9)7-10-6-11(15)2-3-12(10)14/h2-3,6,9H,4-5,7-8,15H2,1H3. The Morgan fingerprint density at radius 2 is 2.39 bits per heavy atom. The van der Waals surface area contributed by atoms with E-state index in [4.69, 9.17) is 22.1 Å². The van der Waals surface area contributed by atoms with E-state index in [-0.39, 0.29) is 11.8 Å². The molecular formula is C13H17ClN2O2. The van der Waals surface area contributed by atoms with Gasteiger partial charge in [0.1, 0.15) is 0 Å². The average Bonchev–Trinajstić information content (AvgIpc) is 2.86. The first-order valence-corrected chi connectivity index (χ1v) is 6.32. The minimum absolute atomic E-state index is 0.0187. The van der Waals surface area contributed by atoms with Crippen LogP contribution in [0.2, 0.25) is 5.02 Å². The van der Waals surface area contributed by atoms with Gasteiger partial charge in [-0.05, 0) is 30.2 Å². The molecule has 1 heterocycles. The van der Waals surface area contributed by atoms with E-state index in [9.17, 15) is 4.79 Å². The Bertz CT molecular complexity index is 445. The van der Waals surface area contributed by atoms with Gasteiger partial charge in [0.25, 0.3) is 0 Å². The SMILES string of the molecule is CN(Cc1cc(N)ccc1Cl)C(=O)C1CCOC1. The van der Waals surface area contributed by atoms with Crippen molar-refractivity contribution in [2.75, 3.05) is 26.0 Å². The molecule has 2 N–H and O–H groups in total. The molecule has 0 aromatic heterocycles. The number of ether oxygens (including phenoxy) is 1. The van der Waals surface area contributed by atoms with E-state index in [1.54, 1.807) is 30.1 Å². The van der Waals surface area contributed by atoms with Gasteiger partial charge >= 0.3 is 0 Å². The second-order valence-corrected chi connectivity index (χ2v) is 5.01. The normalized spacial score (nSPS) is 18.9. The lowest BCUT2D eigenvalue weighted by Crippen LogP contribution is -2.32. The monoisotopic (exact) mass is 268 g/mol. The Kier molecular flexibility index (Phi) is 4.09. The summed E-state index contributed by atoms with van der Waals surface area (Å²) in [6, 6.07) is 5.30. The zero-order valence-electron chi connectivity index (χ0n) is 10.4. The molecule has 1 aromatic rings. The number of benzene rings is 1. The van der Waals surface area contributed by atoms with Crippen molar-refractivity contribution in [3.8, 4) is 0 Å². The van der Waals surface area contributed by atoms with Gasteiger partial charge in [0.15, 0.2) is 0 Å². The van der Waals surface area contributed by atoms with Crippen molar-refractivity contribution < 1.29 is 9.53 Å². The highest BCUT2D eigenvalue weighted by Crippen LogP contribution is 2.22. The molecule has 0 radical (unpaired) electrons. The second kappa shape index (κ2) is 5.59. The van der Waals surface area contributed by atoms with E-state index < -0.39 is 0 Å². The quantitative estimate of drug-likeness (QED) is 0.852. The fraction of sp³-hybridized carbons (Fsp3) is 0.462. The number of carbonyl (C=O) groups excluding carboxylic acids is 1. The third kappa shape index (κ3) is 2.94. The zero-order chi connectivity index (χ0) is 13.1. The van der Waals surface area contributed by atoms with E-state index in [0.717, 1.165) is 12.0 Å². The number of nitrogens with zero attached hydrogens (tertiary/aromatic N) is 1. The lowest BCUT2D eigenvalue weighted by atomic mass is 10.1. The third-order valence-electron chi connectivity index (χ3n) is 3.13. The summed E-state index contributed by atoms with van der Waals surface area (Å²) in [6.45, 7) is 1.66. The van der Waals surface area contributed by atoms with E-state index in [1.807, 2.05) is 0 Å². The van der Waals surface area contributed by atoms with Gasteiger partial charge in [-0.25, -0.2) is 0 Å². The van der Waals surface area contributed by atoms with Crippen molar-refractivity contribution in [2.45, 2.75) is 13.0 Å². The van der Waals surface area contributed by atoms with E-state index in [2.05, 4.69) is 0 Å². The summed E-state index contributed by atoms with van der Waals surface area (Å²) in [7, 11) is 1.78. The van der Waals surface area contributed by atoms with Gasteiger partial charge in [-0.2, -0.15) is 0 Å². The van der Waals surface area contributed by atoms with Crippen molar-refractivity contribution in [2.24, 2.45) is 5.92 Å². The van der Waals surface area contributed by atoms with Crippen LogP contribution in [0.25, 0.3) is 0 Å². The zero-order valence-corrected chi connectivity index (χ0v) is 11.1.